The van der Waals surface area contributed by atoms with Gasteiger partial charge in [-0.05, 0) is 41.8 Å². The third kappa shape index (κ3) is 4.14. The topological polar surface area (TPSA) is 66.3 Å². The molecule has 21 heavy (non-hydrogen) atoms. The predicted octanol–water partition coefficient (Wildman–Crippen LogP) is 2.52. The monoisotopic (exact) mass is 283 g/mol. The quantitative estimate of drug-likeness (QED) is 0.854. The van der Waals surface area contributed by atoms with Gasteiger partial charge in [0.25, 0.3) is 0 Å². The minimum Gasteiger partial charge on any atom is -0.478 e. The van der Waals surface area contributed by atoms with E-state index in [2.05, 4.69) is 9.97 Å². The van der Waals surface area contributed by atoms with Crippen LogP contribution in [0.3, 0.4) is 0 Å². The lowest BCUT2D eigenvalue weighted by atomic mass is 10.1. The van der Waals surface area contributed by atoms with E-state index in [1.807, 2.05) is 43.3 Å². The van der Waals surface area contributed by atoms with Crippen molar-refractivity contribution in [2.45, 2.75) is 13.5 Å². The molecule has 0 radical (unpaired) electrons. The third-order valence-corrected chi connectivity index (χ3v) is 2.99. The maximum absolute atomic E-state index is 10.5. The van der Waals surface area contributed by atoms with Crippen LogP contribution in [0.4, 0.5) is 5.82 Å². The Labute approximate surface area is 123 Å². The number of rotatable bonds is 5. The molecule has 0 unspecified atom stereocenters. The zero-order chi connectivity index (χ0) is 15.2. The van der Waals surface area contributed by atoms with Crippen LogP contribution in [0.25, 0.3) is 6.08 Å². The molecule has 0 aliphatic carbocycles. The Balaban J connectivity index is 2.15. The van der Waals surface area contributed by atoms with E-state index < -0.39 is 5.97 Å². The van der Waals surface area contributed by atoms with Gasteiger partial charge in [0.1, 0.15) is 5.82 Å². The average molecular weight is 283 g/mol. The number of aliphatic carboxylic acids is 1. The first-order chi connectivity index (χ1) is 10.1. The highest BCUT2D eigenvalue weighted by Crippen LogP contribution is 2.19. The maximum atomic E-state index is 10.5. The minimum absolute atomic E-state index is 0.714. The molecule has 0 atom stereocenters. The number of hydrogen-bond acceptors (Lipinski definition) is 4. The molecule has 108 valence electrons. The van der Waals surface area contributed by atoms with Crippen molar-refractivity contribution in [3.63, 3.8) is 0 Å². The molecule has 5 nitrogen and oxygen atoms in total. The summed E-state index contributed by atoms with van der Waals surface area (Å²) in [6, 6.07) is 5.84. The number of nitrogens with zero attached hydrogens (tertiary/aromatic N) is 3. The van der Waals surface area contributed by atoms with Crippen molar-refractivity contribution in [3.05, 3.63) is 59.6 Å². The van der Waals surface area contributed by atoms with Crippen molar-refractivity contribution in [3.8, 4) is 0 Å². The summed E-state index contributed by atoms with van der Waals surface area (Å²) in [7, 11) is 1.97. The zero-order valence-corrected chi connectivity index (χ0v) is 12.0. The summed E-state index contributed by atoms with van der Waals surface area (Å²) >= 11 is 0. The number of hydrogen-bond donors (Lipinski definition) is 1. The minimum atomic E-state index is -0.967. The van der Waals surface area contributed by atoms with Crippen molar-refractivity contribution >= 4 is 17.9 Å². The summed E-state index contributed by atoms with van der Waals surface area (Å²) in [4.78, 5) is 21.1. The molecular weight excluding hydrogens is 266 g/mol. The van der Waals surface area contributed by atoms with Crippen LogP contribution in [0.5, 0.6) is 0 Å². The van der Waals surface area contributed by atoms with Gasteiger partial charge >= 0.3 is 5.97 Å². The highest BCUT2D eigenvalue weighted by atomic mass is 16.4. The van der Waals surface area contributed by atoms with Crippen LogP contribution in [0, 0.1) is 6.92 Å². The van der Waals surface area contributed by atoms with Gasteiger partial charge in [0.2, 0.25) is 0 Å². The van der Waals surface area contributed by atoms with Gasteiger partial charge in [-0.1, -0.05) is 6.07 Å². The lowest BCUT2D eigenvalue weighted by molar-refractivity contribution is -0.131. The highest BCUT2D eigenvalue weighted by molar-refractivity contribution is 5.85. The predicted molar refractivity (Wildman–Crippen MR) is 82.0 cm³/mol. The summed E-state index contributed by atoms with van der Waals surface area (Å²) in [6.45, 7) is 2.67. The maximum Gasteiger partial charge on any atom is 0.328 e. The molecule has 0 saturated heterocycles. The van der Waals surface area contributed by atoms with Crippen LogP contribution in [0.1, 0.15) is 16.7 Å². The second kappa shape index (κ2) is 6.65. The van der Waals surface area contributed by atoms with Crippen molar-refractivity contribution in [1.82, 2.24) is 9.97 Å². The Morgan fingerprint density at radius 3 is 2.86 bits per heavy atom. The molecule has 2 heterocycles. The van der Waals surface area contributed by atoms with Crippen molar-refractivity contribution in [2.24, 2.45) is 0 Å². The highest BCUT2D eigenvalue weighted by Gasteiger charge is 2.07. The smallest absolute Gasteiger partial charge is 0.328 e. The van der Waals surface area contributed by atoms with E-state index in [9.17, 15) is 4.79 Å². The van der Waals surface area contributed by atoms with Crippen molar-refractivity contribution < 1.29 is 9.90 Å². The van der Waals surface area contributed by atoms with Crippen molar-refractivity contribution in [2.75, 3.05) is 11.9 Å². The molecule has 0 aliphatic heterocycles. The van der Waals surface area contributed by atoms with E-state index in [4.69, 9.17) is 5.11 Å². The molecule has 5 heteroatoms. The van der Waals surface area contributed by atoms with Gasteiger partial charge in [0.15, 0.2) is 0 Å². The first-order valence-corrected chi connectivity index (χ1v) is 6.54. The molecule has 2 aromatic heterocycles. The van der Waals surface area contributed by atoms with Gasteiger partial charge in [-0.15, -0.1) is 0 Å². The fourth-order valence-electron chi connectivity index (χ4n) is 2.09. The Kier molecular flexibility index (Phi) is 4.66. The van der Waals surface area contributed by atoms with Gasteiger partial charge < -0.3 is 10.0 Å². The molecule has 1 N–H and O–H groups in total. The number of carboxylic acid groups (broad SMARTS) is 1. The molecule has 0 aromatic carbocycles. The van der Waals surface area contributed by atoms with E-state index in [0.717, 1.165) is 28.6 Å². The fourth-order valence-corrected chi connectivity index (χ4v) is 2.09. The Morgan fingerprint density at radius 2 is 2.24 bits per heavy atom. The van der Waals surface area contributed by atoms with Crippen LogP contribution in [-0.4, -0.2) is 28.1 Å². The number of carbonyl (C=O) groups is 1. The van der Waals surface area contributed by atoms with Gasteiger partial charge in [0, 0.05) is 38.3 Å². The summed E-state index contributed by atoms with van der Waals surface area (Å²) < 4.78 is 0. The van der Waals surface area contributed by atoms with E-state index >= 15 is 0 Å². The molecule has 2 rings (SSSR count). The van der Waals surface area contributed by atoms with E-state index in [0.29, 0.717) is 6.54 Å². The largest absolute Gasteiger partial charge is 0.478 e. The normalized spacial score (nSPS) is 10.8. The van der Waals surface area contributed by atoms with E-state index in [1.165, 1.54) is 6.08 Å². The van der Waals surface area contributed by atoms with E-state index in [-0.39, 0.29) is 0 Å². The first kappa shape index (κ1) is 14.7. The molecule has 0 bridgehead atoms. The van der Waals surface area contributed by atoms with Gasteiger partial charge in [-0.25, -0.2) is 9.78 Å². The SMILES string of the molecule is Cc1cc(/C=C/C(=O)O)cnc1N(C)Cc1cccnc1. The van der Waals surface area contributed by atoms with Gasteiger partial charge in [-0.2, -0.15) is 0 Å². The lowest BCUT2D eigenvalue weighted by Gasteiger charge is -2.20. The number of pyridine rings is 2. The Hall–Kier alpha value is -2.69. The zero-order valence-electron chi connectivity index (χ0n) is 12.0. The molecule has 0 aliphatic rings. The summed E-state index contributed by atoms with van der Waals surface area (Å²) in [5, 5.41) is 8.63. The Bertz CT molecular complexity index is 654. The second-order valence-electron chi connectivity index (χ2n) is 4.80. The summed E-state index contributed by atoms with van der Waals surface area (Å²) in [6.07, 6.45) is 7.89. The van der Waals surface area contributed by atoms with Crippen LogP contribution in [0.15, 0.2) is 42.9 Å². The number of aromatic nitrogens is 2. The third-order valence-electron chi connectivity index (χ3n) is 2.99. The molecular formula is C16H17N3O2. The Morgan fingerprint density at radius 1 is 1.43 bits per heavy atom. The van der Waals surface area contributed by atoms with Crippen molar-refractivity contribution in [1.29, 1.82) is 0 Å². The summed E-state index contributed by atoms with van der Waals surface area (Å²) in [5.41, 5.74) is 2.87. The molecule has 0 spiro atoms. The number of aryl methyl sites for hydroxylation is 1. The molecule has 0 fully saturated rings. The van der Waals surface area contributed by atoms with Gasteiger partial charge in [0.05, 0.1) is 0 Å². The second-order valence-corrected chi connectivity index (χ2v) is 4.80. The standard InChI is InChI=1S/C16H17N3O2/c1-12-8-13(5-6-15(20)21)10-18-16(12)19(2)11-14-4-3-7-17-9-14/h3-10H,11H2,1-2H3,(H,20,21)/b6-5+. The molecule has 0 saturated carbocycles. The number of carboxylic acids is 1. The van der Waals surface area contributed by atoms with Gasteiger partial charge in [-0.3, -0.25) is 4.98 Å². The summed E-state index contributed by atoms with van der Waals surface area (Å²) in [5.74, 6) is -0.100. The first-order valence-electron chi connectivity index (χ1n) is 6.54. The van der Waals surface area contributed by atoms with E-state index in [1.54, 1.807) is 12.4 Å². The van der Waals surface area contributed by atoms with Crippen LogP contribution in [0.2, 0.25) is 0 Å². The fraction of sp³-hybridized carbons (Fsp3) is 0.188. The van der Waals surface area contributed by atoms with Crippen LogP contribution >= 0.6 is 0 Å². The van der Waals surface area contributed by atoms with Crippen LogP contribution < -0.4 is 4.90 Å². The molecule has 2 aromatic rings. The molecule has 0 amide bonds. The average Bonchev–Trinajstić information content (AvgIpc) is 2.46. The number of anilines is 1. The van der Waals surface area contributed by atoms with Crippen LogP contribution in [-0.2, 0) is 11.3 Å². The lowest BCUT2D eigenvalue weighted by Crippen LogP contribution is -2.18.